The number of hydrogen-bond donors (Lipinski definition) is 1. The van der Waals surface area contributed by atoms with Gasteiger partial charge in [-0.15, -0.1) is 0 Å². The quantitative estimate of drug-likeness (QED) is 0.654. The van der Waals surface area contributed by atoms with Crippen molar-refractivity contribution in [3.63, 3.8) is 0 Å². The number of amides is 1. The molecule has 0 unspecified atom stereocenters. The molecule has 4 rings (SSSR count). The molecule has 1 aliphatic rings. The molecule has 1 amide bonds. The highest BCUT2D eigenvalue weighted by Crippen LogP contribution is 2.46. The van der Waals surface area contributed by atoms with Crippen LogP contribution in [0.15, 0.2) is 36.5 Å². The summed E-state index contributed by atoms with van der Waals surface area (Å²) in [6.45, 7) is -0.480. The normalized spacial score (nSPS) is 13.8. The van der Waals surface area contributed by atoms with Crippen molar-refractivity contribution in [3.05, 3.63) is 58.5 Å². The number of alkyl halides is 3. The van der Waals surface area contributed by atoms with E-state index < -0.39 is 29.3 Å². The summed E-state index contributed by atoms with van der Waals surface area (Å²) in [5.74, 6) is -0.687. The fourth-order valence-electron chi connectivity index (χ4n) is 3.12. The van der Waals surface area contributed by atoms with E-state index in [0.717, 1.165) is 4.68 Å². The van der Waals surface area contributed by atoms with E-state index in [9.17, 15) is 23.2 Å². The van der Waals surface area contributed by atoms with E-state index in [-0.39, 0.29) is 23.0 Å². The summed E-state index contributed by atoms with van der Waals surface area (Å²) in [6, 6.07) is 10.7. The number of halogens is 4. The fourth-order valence-corrected chi connectivity index (χ4v) is 3.52. The minimum absolute atomic E-state index is 0.115. The van der Waals surface area contributed by atoms with Crippen molar-refractivity contribution in [2.75, 3.05) is 5.32 Å². The zero-order valence-corrected chi connectivity index (χ0v) is 16.1. The molecule has 30 heavy (non-hydrogen) atoms. The zero-order chi connectivity index (χ0) is 21.5. The van der Waals surface area contributed by atoms with Crippen molar-refractivity contribution in [1.82, 2.24) is 19.6 Å². The number of carbonyl (C=O) groups is 1. The van der Waals surface area contributed by atoms with Crippen LogP contribution >= 0.6 is 11.6 Å². The monoisotopic (exact) mass is 434 g/mol. The van der Waals surface area contributed by atoms with E-state index in [1.165, 1.54) is 10.9 Å². The van der Waals surface area contributed by atoms with Gasteiger partial charge in [0.05, 0.1) is 22.6 Å². The van der Waals surface area contributed by atoms with Gasteiger partial charge in [0, 0.05) is 5.92 Å². The van der Waals surface area contributed by atoms with E-state index in [2.05, 4.69) is 15.5 Å². The summed E-state index contributed by atoms with van der Waals surface area (Å²) in [5.41, 5.74) is -0.277. The first-order valence-corrected chi connectivity index (χ1v) is 9.34. The molecule has 0 aliphatic heterocycles. The molecule has 1 saturated carbocycles. The van der Waals surface area contributed by atoms with E-state index >= 15 is 0 Å². The van der Waals surface area contributed by atoms with Gasteiger partial charge in [-0.3, -0.25) is 9.48 Å². The van der Waals surface area contributed by atoms with Crippen molar-refractivity contribution in [3.8, 4) is 11.8 Å². The van der Waals surface area contributed by atoms with E-state index in [1.54, 1.807) is 30.3 Å². The number of aromatic nitrogens is 4. The van der Waals surface area contributed by atoms with Crippen molar-refractivity contribution < 1.29 is 18.0 Å². The molecule has 11 heteroatoms. The number of carbonyl (C=O) groups excluding carboxylic acids is 1. The average Bonchev–Trinajstić information content (AvgIpc) is 3.36. The average molecular weight is 435 g/mol. The van der Waals surface area contributed by atoms with E-state index in [1.807, 2.05) is 6.07 Å². The number of hydrogen-bond acceptors (Lipinski definition) is 4. The molecule has 0 bridgehead atoms. The maximum absolute atomic E-state index is 13.2. The molecule has 0 radical (unpaired) electrons. The first-order chi connectivity index (χ1) is 14.3. The van der Waals surface area contributed by atoms with Crippen molar-refractivity contribution >= 4 is 23.3 Å². The molecule has 0 atom stereocenters. The van der Waals surface area contributed by atoms with Crippen molar-refractivity contribution in [2.45, 2.75) is 31.5 Å². The molecule has 154 valence electrons. The fraction of sp³-hybridized carbons (Fsp3) is 0.263. The second-order valence-corrected chi connectivity index (χ2v) is 7.17. The number of anilines is 1. The summed E-state index contributed by atoms with van der Waals surface area (Å²) in [7, 11) is 0. The maximum Gasteiger partial charge on any atom is 0.436 e. The Hall–Kier alpha value is -3.32. The van der Waals surface area contributed by atoms with E-state index in [4.69, 9.17) is 11.6 Å². The molecule has 0 spiro atoms. The maximum atomic E-state index is 13.2. The van der Waals surface area contributed by atoms with E-state index in [0.29, 0.717) is 18.5 Å². The van der Waals surface area contributed by atoms with Gasteiger partial charge in [0.25, 0.3) is 0 Å². The molecule has 7 nitrogen and oxygen atoms in total. The van der Waals surface area contributed by atoms with Crippen molar-refractivity contribution in [2.24, 2.45) is 0 Å². The first-order valence-electron chi connectivity index (χ1n) is 8.96. The molecule has 0 saturated heterocycles. The third-order valence-corrected chi connectivity index (χ3v) is 4.98. The van der Waals surface area contributed by atoms with Crippen LogP contribution in [0.3, 0.4) is 0 Å². The number of para-hydroxylation sites is 1. The predicted molar refractivity (Wildman–Crippen MR) is 101 cm³/mol. The SMILES string of the molecule is N#Cc1cnn(-c2ccccc2)c1NC(=O)Cn1nc(C(F)(F)F)c(Cl)c1C1CC1. The Labute approximate surface area is 173 Å². The predicted octanol–water partition coefficient (Wildman–Crippen LogP) is 4.13. The summed E-state index contributed by atoms with van der Waals surface area (Å²) in [5, 5.41) is 19.1. The van der Waals surface area contributed by atoms with Crippen molar-refractivity contribution in [1.29, 1.82) is 5.26 Å². The number of nitriles is 1. The van der Waals surface area contributed by atoms with Gasteiger partial charge < -0.3 is 5.32 Å². The van der Waals surface area contributed by atoms with Gasteiger partial charge >= 0.3 is 6.18 Å². The second-order valence-electron chi connectivity index (χ2n) is 6.79. The number of nitrogens with zero attached hydrogens (tertiary/aromatic N) is 5. The Morgan fingerprint density at radius 1 is 1.30 bits per heavy atom. The third-order valence-electron chi connectivity index (χ3n) is 4.61. The Bertz CT molecular complexity index is 1140. The van der Waals surface area contributed by atoms with Crippen LogP contribution in [0.1, 0.15) is 35.7 Å². The Balaban J connectivity index is 1.63. The minimum atomic E-state index is -4.72. The molecule has 1 aliphatic carbocycles. The number of rotatable bonds is 5. The largest absolute Gasteiger partial charge is 0.436 e. The standard InChI is InChI=1S/C19H14ClF3N6O/c20-15-16(11-6-7-11)28(27-17(15)19(21,22)23)10-14(30)26-18-12(8-24)9-25-29(18)13-4-2-1-3-5-13/h1-5,9,11H,6-7,10H2,(H,26,30). The molecule has 1 fully saturated rings. The number of benzene rings is 1. The van der Waals surface area contributed by atoms with Gasteiger partial charge in [0.1, 0.15) is 18.2 Å². The van der Waals surface area contributed by atoms with Gasteiger partial charge in [-0.2, -0.15) is 28.6 Å². The van der Waals surface area contributed by atoms with Crippen LogP contribution in [0.25, 0.3) is 5.69 Å². The summed E-state index contributed by atoms with van der Waals surface area (Å²) < 4.78 is 42.0. The zero-order valence-electron chi connectivity index (χ0n) is 15.3. The Morgan fingerprint density at radius 2 is 2.00 bits per heavy atom. The smallest absolute Gasteiger partial charge is 0.308 e. The van der Waals surface area contributed by atoms with Crippen LogP contribution in [-0.2, 0) is 17.5 Å². The molecule has 3 aromatic rings. The van der Waals surface area contributed by atoms with Crippen LogP contribution in [-0.4, -0.2) is 25.5 Å². The lowest BCUT2D eigenvalue weighted by Crippen LogP contribution is -2.23. The van der Waals surface area contributed by atoms with Gasteiger partial charge in [-0.1, -0.05) is 29.8 Å². The Kier molecular flexibility index (Phi) is 4.99. The summed E-state index contributed by atoms with van der Waals surface area (Å²) >= 11 is 5.94. The summed E-state index contributed by atoms with van der Waals surface area (Å²) in [6.07, 6.45) is -2.06. The number of nitrogens with one attached hydrogen (secondary N) is 1. The van der Waals surface area contributed by atoms with Crippen LogP contribution in [0.2, 0.25) is 5.02 Å². The van der Waals surface area contributed by atoms with Crippen LogP contribution in [0, 0.1) is 11.3 Å². The van der Waals surface area contributed by atoms with Gasteiger partial charge in [-0.05, 0) is 25.0 Å². The van der Waals surface area contributed by atoms with Gasteiger partial charge in [0.2, 0.25) is 5.91 Å². The van der Waals surface area contributed by atoms with Crippen LogP contribution in [0.5, 0.6) is 0 Å². The molecule has 1 N–H and O–H groups in total. The molecular weight excluding hydrogens is 421 g/mol. The van der Waals surface area contributed by atoms with Crippen LogP contribution in [0.4, 0.5) is 19.0 Å². The topological polar surface area (TPSA) is 88.5 Å². The highest BCUT2D eigenvalue weighted by molar-refractivity contribution is 6.32. The molecule has 2 aromatic heterocycles. The highest BCUT2D eigenvalue weighted by Gasteiger charge is 2.42. The minimum Gasteiger partial charge on any atom is -0.308 e. The lowest BCUT2D eigenvalue weighted by atomic mass is 10.2. The molecular formula is C19H14ClF3N6O. The second kappa shape index (κ2) is 7.50. The lowest BCUT2D eigenvalue weighted by Gasteiger charge is -2.11. The lowest BCUT2D eigenvalue weighted by molar-refractivity contribution is -0.141. The third kappa shape index (κ3) is 3.76. The molecule has 1 aromatic carbocycles. The van der Waals surface area contributed by atoms with Gasteiger partial charge in [-0.25, -0.2) is 4.68 Å². The first kappa shape index (κ1) is 20.0. The van der Waals surface area contributed by atoms with Gasteiger partial charge in [0.15, 0.2) is 11.5 Å². The summed E-state index contributed by atoms with van der Waals surface area (Å²) in [4.78, 5) is 12.7. The highest BCUT2D eigenvalue weighted by atomic mass is 35.5. The Morgan fingerprint density at radius 3 is 2.60 bits per heavy atom. The molecule has 2 heterocycles. The van der Waals surface area contributed by atoms with Crippen LogP contribution < -0.4 is 5.32 Å².